The zero-order valence-electron chi connectivity index (χ0n) is 8.66. The van der Waals surface area contributed by atoms with Crippen molar-refractivity contribution < 1.29 is 9.90 Å². The molecule has 1 unspecified atom stereocenters. The molecule has 0 amide bonds. The van der Waals surface area contributed by atoms with Gasteiger partial charge in [0.25, 0.3) is 0 Å². The highest BCUT2D eigenvalue weighted by molar-refractivity contribution is 5.83. The van der Waals surface area contributed by atoms with Crippen LogP contribution in [0.4, 0.5) is 0 Å². The van der Waals surface area contributed by atoms with Gasteiger partial charge in [-0.1, -0.05) is 6.07 Å². The van der Waals surface area contributed by atoms with Gasteiger partial charge in [-0.3, -0.25) is 4.79 Å². The van der Waals surface area contributed by atoms with Gasteiger partial charge < -0.3 is 10.4 Å². The maximum Gasteiger partial charge on any atom is 0.151 e. The van der Waals surface area contributed by atoms with E-state index in [0.29, 0.717) is 0 Å². The molecule has 0 heterocycles. The van der Waals surface area contributed by atoms with Crippen LogP contribution in [-0.2, 0) is 4.79 Å². The van der Waals surface area contributed by atoms with E-state index in [2.05, 4.69) is 5.32 Å². The molecule has 14 heavy (non-hydrogen) atoms. The standard InChI is InChI=1S/C11H15NO2/c1-7-6-9(14)4-5-10(7)11(12-3)8(2)13/h4-6,11-12,14H,1-3H3. The van der Waals surface area contributed by atoms with Gasteiger partial charge in [0.1, 0.15) is 5.75 Å². The first kappa shape index (κ1) is 10.7. The maximum absolute atomic E-state index is 11.3. The SMILES string of the molecule is CNC(C(C)=O)c1ccc(O)cc1C. The molecule has 3 nitrogen and oxygen atoms in total. The number of likely N-dealkylation sites (N-methyl/N-ethyl adjacent to an activating group) is 1. The lowest BCUT2D eigenvalue weighted by molar-refractivity contribution is -0.119. The Kier molecular flexibility index (Phi) is 3.25. The van der Waals surface area contributed by atoms with E-state index in [1.54, 1.807) is 32.2 Å². The summed E-state index contributed by atoms with van der Waals surface area (Å²) in [6.07, 6.45) is 0. The zero-order chi connectivity index (χ0) is 10.7. The number of rotatable bonds is 3. The predicted molar refractivity (Wildman–Crippen MR) is 55.3 cm³/mol. The lowest BCUT2D eigenvalue weighted by Gasteiger charge is -2.15. The molecule has 1 rings (SSSR count). The number of hydrogen-bond acceptors (Lipinski definition) is 3. The number of benzene rings is 1. The van der Waals surface area contributed by atoms with E-state index in [1.165, 1.54) is 0 Å². The number of Topliss-reactive ketones (excluding diaryl/α,β-unsaturated/α-hetero) is 1. The molecular formula is C11H15NO2. The highest BCUT2D eigenvalue weighted by Gasteiger charge is 2.16. The normalized spacial score (nSPS) is 12.5. The van der Waals surface area contributed by atoms with Gasteiger partial charge in [-0.15, -0.1) is 0 Å². The van der Waals surface area contributed by atoms with Gasteiger partial charge in [0.2, 0.25) is 0 Å². The third kappa shape index (κ3) is 2.12. The molecular weight excluding hydrogens is 178 g/mol. The van der Waals surface area contributed by atoms with Crippen LogP contribution in [0.3, 0.4) is 0 Å². The molecule has 76 valence electrons. The lowest BCUT2D eigenvalue weighted by Crippen LogP contribution is -2.23. The van der Waals surface area contributed by atoms with Crippen molar-refractivity contribution >= 4 is 5.78 Å². The van der Waals surface area contributed by atoms with Crippen molar-refractivity contribution in [2.45, 2.75) is 19.9 Å². The maximum atomic E-state index is 11.3. The monoisotopic (exact) mass is 193 g/mol. The molecule has 0 saturated carbocycles. The van der Waals surface area contributed by atoms with Crippen molar-refractivity contribution in [2.24, 2.45) is 0 Å². The van der Waals surface area contributed by atoms with Gasteiger partial charge in [0.05, 0.1) is 6.04 Å². The average molecular weight is 193 g/mol. The number of aromatic hydroxyl groups is 1. The van der Waals surface area contributed by atoms with Gasteiger partial charge in [0.15, 0.2) is 5.78 Å². The molecule has 0 saturated heterocycles. The third-order valence-corrected chi connectivity index (χ3v) is 2.26. The number of ketones is 1. The minimum absolute atomic E-state index is 0.0706. The van der Waals surface area contributed by atoms with Gasteiger partial charge in [-0.25, -0.2) is 0 Å². The van der Waals surface area contributed by atoms with Crippen molar-refractivity contribution in [1.82, 2.24) is 5.32 Å². The summed E-state index contributed by atoms with van der Waals surface area (Å²) >= 11 is 0. The fraction of sp³-hybridized carbons (Fsp3) is 0.364. The first-order valence-corrected chi connectivity index (χ1v) is 4.53. The van der Waals surface area contributed by atoms with Crippen LogP contribution >= 0.6 is 0 Å². The summed E-state index contributed by atoms with van der Waals surface area (Å²) in [6, 6.07) is 4.74. The highest BCUT2D eigenvalue weighted by atomic mass is 16.3. The Morgan fingerprint density at radius 2 is 2.14 bits per heavy atom. The first-order valence-electron chi connectivity index (χ1n) is 4.53. The fourth-order valence-corrected chi connectivity index (χ4v) is 1.56. The van der Waals surface area contributed by atoms with Crippen LogP contribution in [0.25, 0.3) is 0 Å². The van der Waals surface area contributed by atoms with E-state index in [4.69, 9.17) is 0 Å². The topological polar surface area (TPSA) is 49.3 Å². The smallest absolute Gasteiger partial charge is 0.151 e. The molecule has 0 aliphatic carbocycles. The Morgan fingerprint density at radius 1 is 1.50 bits per heavy atom. The Labute approximate surface area is 83.8 Å². The number of nitrogens with one attached hydrogen (secondary N) is 1. The molecule has 0 aromatic heterocycles. The number of aryl methyl sites for hydroxylation is 1. The number of phenols is 1. The van der Waals surface area contributed by atoms with E-state index in [0.717, 1.165) is 11.1 Å². The van der Waals surface area contributed by atoms with E-state index < -0.39 is 0 Å². The van der Waals surface area contributed by atoms with Crippen LogP contribution in [-0.4, -0.2) is 17.9 Å². The van der Waals surface area contributed by atoms with Gasteiger partial charge in [0, 0.05) is 0 Å². The van der Waals surface area contributed by atoms with Crippen LogP contribution < -0.4 is 5.32 Å². The molecule has 0 spiro atoms. The lowest BCUT2D eigenvalue weighted by atomic mass is 9.98. The minimum atomic E-state index is -0.282. The second kappa shape index (κ2) is 4.24. The summed E-state index contributed by atoms with van der Waals surface area (Å²) < 4.78 is 0. The summed E-state index contributed by atoms with van der Waals surface area (Å²) in [5.74, 6) is 0.297. The zero-order valence-corrected chi connectivity index (χ0v) is 8.66. The highest BCUT2D eigenvalue weighted by Crippen LogP contribution is 2.22. The van der Waals surface area contributed by atoms with Crippen LogP contribution in [0.2, 0.25) is 0 Å². The van der Waals surface area contributed by atoms with Crippen LogP contribution in [0, 0.1) is 6.92 Å². The van der Waals surface area contributed by atoms with Gasteiger partial charge in [-0.2, -0.15) is 0 Å². The quantitative estimate of drug-likeness (QED) is 0.765. The van der Waals surface area contributed by atoms with Gasteiger partial charge in [-0.05, 0) is 44.2 Å². The first-order chi connectivity index (χ1) is 6.56. The molecule has 0 bridgehead atoms. The Morgan fingerprint density at radius 3 is 2.57 bits per heavy atom. The average Bonchev–Trinajstić information content (AvgIpc) is 2.09. The van der Waals surface area contributed by atoms with Crippen LogP contribution in [0.5, 0.6) is 5.75 Å². The molecule has 2 N–H and O–H groups in total. The largest absolute Gasteiger partial charge is 0.508 e. The summed E-state index contributed by atoms with van der Waals surface area (Å²) in [6.45, 7) is 3.43. The molecule has 1 aromatic rings. The molecule has 3 heteroatoms. The van der Waals surface area contributed by atoms with E-state index in [1.807, 2.05) is 6.92 Å². The van der Waals surface area contributed by atoms with Gasteiger partial charge >= 0.3 is 0 Å². The third-order valence-electron chi connectivity index (χ3n) is 2.26. The molecule has 0 radical (unpaired) electrons. The Balaban J connectivity index is 3.10. The van der Waals surface area contributed by atoms with Crippen molar-refractivity contribution in [1.29, 1.82) is 0 Å². The summed E-state index contributed by atoms with van der Waals surface area (Å²) in [5.41, 5.74) is 1.83. The molecule has 0 aliphatic rings. The van der Waals surface area contributed by atoms with Crippen molar-refractivity contribution in [3.63, 3.8) is 0 Å². The number of carbonyl (C=O) groups is 1. The molecule has 1 aromatic carbocycles. The molecule has 1 atom stereocenters. The Hall–Kier alpha value is -1.35. The van der Waals surface area contributed by atoms with E-state index in [-0.39, 0.29) is 17.6 Å². The van der Waals surface area contributed by atoms with Crippen LogP contribution in [0.15, 0.2) is 18.2 Å². The second-order valence-electron chi connectivity index (χ2n) is 3.37. The molecule has 0 aliphatic heterocycles. The van der Waals surface area contributed by atoms with Crippen molar-refractivity contribution in [3.05, 3.63) is 29.3 Å². The minimum Gasteiger partial charge on any atom is -0.508 e. The fourth-order valence-electron chi connectivity index (χ4n) is 1.56. The number of carbonyl (C=O) groups excluding carboxylic acids is 1. The van der Waals surface area contributed by atoms with E-state index >= 15 is 0 Å². The van der Waals surface area contributed by atoms with E-state index in [9.17, 15) is 9.90 Å². The Bertz CT molecular complexity index is 347. The summed E-state index contributed by atoms with van der Waals surface area (Å²) in [4.78, 5) is 11.3. The predicted octanol–water partition coefficient (Wildman–Crippen LogP) is 1.55. The van der Waals surface area contributed by atoms with Crippen molar-refractivity contribution in [2.75, 3.05) is 7.05 Å². The number of hydrogen-bond donors (Lipinski definition) is 2. The van der Waals surface area contributed by atoms with Crippen LogP contribution in [0.1, 0.15) is 24.1 Å². The number of phenolic OH excluding ortho intramolecular Hbond substituents is 1. The second-order valence-corrected chi connectivity index (χ2v) is 3.37. The summed E-state index contributed by atoms with van der Waals surface area (Å²) in [5, 5.41) is 12.2. The molecule has 0 fully saturated rings. The summed E-state index contributed by atoms with van der Waals surface area (Å²) in [7, 11) is 1.75. The van der Waals surface area contributed by atoms with Crippen molar-refractivity contribution in [3.8, 4) is 5.75 Å².